The molecule has 2 fully saturated rings. The Kier molecular flexibility index (Phi) is 6.32. The number of carbonyl (C=O) groups excluding carboxylic acids is 1. The minimum atomic E-state index is -4.68. The fraction of sp³-hybridized carbons (Fsp3) is 0.370. The number of hydrazine groups is 1. The van der Waals surface area contributed by atoms with E-state index in [2.05, 4.69) is 15.7 Å². The summed E-state index contributed by atoms with van der Waals surface area (Å²) in [5.41, 5.74) is 3.35. The Morgan fingerprint density at radius 3 is 2.65 bits per heavy atom. The van der Waals surface area contributed by atoms with Crippen LogP contribution >= 0.6 is 0 Å². The van der Waals surface area contributed by atoms with Crippen LogP contribution in [0.1, 0.15) is 30.2 Å². The summed E-state index contributed by atoms with van der Waals surface area (Å²) >= 11 is 0. The minimum Gasteiger partial charge on any atom is -0.494 e. The van der Waals surface area contributed by atoms with Crippen molar-refractivity contribution in [3.05, 3.63) is 65.8 Å². The summed E-state index contributed by atoms with van der Waals surface area (Å²) < 4.78 is 54.3. The van der Waals surface area contributed by atoms with Crippen molar-refractivity contribution in [1.29, 1.82) is 0 Å². The molecule has 1 aromatic heterocycles. The number of aromatic nitrogens is 1. The van der Waals surface area contributed by atoms with Crippen molar-refractivity contribution in [3.8, 4) is 5.75 Å². The van der Waals surface area contributed by atoms with Gasteiger partial charge in [0.1, 0.15) is 29.4 Å². The Hall–Kier alpha value is -4.26. The molecule has 13 heteroatoms. The lowest BCUT2D eigenvalue weighted by atomic mass is 9.89. The highest BCUT2D eigenvalue weighted by Crippen LogP contribution is 2.43. The van der Waals surface area contributed by atoms with Gasteiger partial charge in [-0.2, -0.15) is 13.2 Å². The highest BCUT2D eigenvalue weighted by atomic mass is 19.4. The van der Waals surface area contributed by atoms with E-state index in [9.17, 15) is 27.9 Å². The number of rotatable bonds is 5. The number of nitrogens with one attached hydrogen (secondary N) is 2. The molecule has 10 nitrogen and oxygen atoms in total. The number of halogens is 3. The van der Waals surface area contributed by atoms with Crippen LogP contribution in [0.5, 0.6) is 5.75 Å². The first-order valence-electron chi connectivity index (χ1n) is 12.8. The molecule has 3 N–H and O–H groups in total. The first-order chi connectivity index (χ1) is 19.2. The van der Waals surface area contributed by atoms with Crippen molar-refractivity contribution in [2.75, 3.05) is 20.2 Å². The zero-order valence-corrected chi connectivity index (χ0v) is 21.3. The largest absolute Gasteiger partial charge is 0.494 e. The van der Waals surface area contributed by atoms with E-state index in [0.717, 1.165) is 5.01 Å². The van der Waals surface area contributed by atoms with Crippen molar-refractivity contribution in [2.45, 2.75) is 37.1 Å². The van der Waals surface area contributed by atoms with E-state index in [4.69, 9.17) is 9.15 Å². The van der Waals surface area contributed by atoms with Crippen LogP contribution in [0.3, 0.4) is 0 Å². The first kappa shape index (κ1) is 26.0. The molecule has 0 spiro atoms. The maximum atomic E-state index is 14.3. The summed E-state index contributed by atoms with van der Waals surface area (Å²) in [5.74, 6) is -3.18. The van der Waals surface area contributed by atoms with Crippen molar-refractivity contribution in [2.24, 2.45) is 5.92 Å². The van der Waals surface area contributed by atoms with E-state index in [1.807, 2.05) is 0 Å². The predicted octanol–water partition coefficient (Wildman–Crippen LogP) is 3.29. The molecule has 0 bridgehead atoms. The van der Waals surface area contributed by atoms with Crippen molar-refractivity contribution >= 4 is 28.5 Å². The quantitative estimate of drug-likeness (QED) is 0.434. The number of aliphatic carboxylic acids is 1. The standard InChI is InChI=1S/C27H26F3N5O5/c1-39-16-10-5-11-17-20(16)31-24(40-17)19-22(34-12-6-9-15(13-34)26(37)38)32-23-18(14-7-3-2-4-8-14)21(27(28,29)30)33-35(23)25(19)36/h2-5,7-8,10-11,15,18,21,23,32-33H,6,9,12-13H2,1H3,(H,37,38). The Morgan fingerprint density at radius 2 is 1.95 bits per heavy atom. The van der Waals surface area contributed by atoms with E-state index < -0.39 is 42.1 Å². The van der Waals surface area contributed by atoms with Crippen LogP contribution in [0, 0.1) is 5.92 Å². The van der Waals surface area contributed by atoms with Crippen LogP contribution in [0.15, 0.2) is 58.8 Å². The molecule has 0 saturated carbocycles. The molecular weight excluding hydrogens is 531 g/mol. The van der Waals surface area contributed by atoms with Crippen LogP contribution in [0.2, 0.25) is 0 Å². The average Bonchev–Trinajstić information content (AvgIpc) is 3.55. The number of oxazole rings is 1. The number of methoxy groups -OCH3 is 1. The molecule has 4 atom stereocenters. The number of amides is 1. The van der Waals surface area contributed by atoms with Gasteiger partial charge in [-0.15, -0.1) is 0 Å². The van der Waals surface area contributed by atoms with Gasteiger partial charge in [0.2, 0.25) is 5.89 Å². The number of hydrogen-bond donors (Lipinski definition) is 3. The third-order valence-electron chi connectivity index (χ3n) is 7.65. The number of likely N-dealkylation sites (tertiary alicyclic amines) is 1. The number of nitrogens with zero attached hydrogens (tertiary/aromatic N) is 3. The Labute approximate surface area is 226 Å². The second-order valence-electron chi connectivity index (χ2n) is 10.0. The molecule has 3 aliphatic rings. The lowest BCUT2D eigenvalue weighted by Crippen LogP contribution is -2.58. The third-order valence-corrected chi connectivity index (χ3v) is 7.65. The maximum Gasteiger partial charge on any atom is 0.406 e. The number of piperidine rings is 1. The SMILES string of the molecule is COc1cccc2oc(C3=C(N4CCCC(C(=O)O)C4)NC4C(c5ccccc5)C(C(F)(F)F)NN4C3=O)nc12. The van der Waals surface area contributed by atoms with Gasteiger partial charge in [-0.25, -0.2) is 15.4 Å². The summed E-state index contributed by atoms with van der Waals surface area (Å²) in [6, 6.07) is 11.1. The summed E-state index contributed by atoms with van der Waals surface area (Å²) in [5, 5.41) is 13.8. The summed E-state index contributed by atoms with van der Waals surface area (Å²) in [4.78, 5) is 32.1. The Balaban J connectivity index is 1.50. The van der Waals surface area contributed by atoms with Crippen LogP contribution in [-0.2, 0) is 9.59 Å². The van der Waals surface area contributed by atoms with E-state index in [0.29, 0.717) is 41.8 Å². The topological polar surface area (TPSA) is 120 Å². The molecule has 2 saturated heterocycles. The fourth-order valence-corrected chi connectivity index (χ4v) is 5.77. The van der Waals surface area contributed by atoms with E-state index in [1.165, 1.54) is 7.11 Å². The van der Waals surface area contributed by atoms with Gasteiger partial charge >= 0.3 is 12.1 Å². The van der Waals surface area contributed by atoms with E-state index in [-0.39, 0.29) is 23.8 Å². The number of ether oxygens (including phenoxy) is 1. The second kappa shape index (κ2) is 9.73. The van der Waals surface area contributed by atoms with Crippen molar-refractivity contribution < 1.29 is 37.0 Å². The second-order valence-corrected chi connectivity index (χ2v) is 10.0. The molecule has 2 aromatic carbocycles. The van der Waals surface area contributed by atoms with Gasteiger partial charge in [-0.3, -0.25) is 9.59 Å². The number of benzene rings is 2. The van der Waals surface area contributed by atoms with Crippen LogP contribution in [0.25, 0.3) is 16.7 Å². The normalized spacial score (nSPS) is 25.2. The molecule has 3 aromatic rings. The van der Waals surface area contributed by atoms with Gasteiger partial charge in [0.25, 0.3) is 5.91 Å². The van der Waals surface area contributed by atoms with E-state index >= 15 is 0 Å². The molecule has 4 unspecified atom stereocenters. The number of hydrogen-bond acceptors (Lipinski definition) is 8. The molecule has 40 heavy (non-hydrogen) atoms. The Bertz CT molecular complexity index is 1490. The first-order valence-corrected chi connectivity index (χ1v) is 12.8. The minimum absolute atomic E-state index is 0.0663. The lowest BCUT2D eigenvalue weighted by molar-refractivity contribution is -0.161. The van der Waals surface area contributed by atoms with Gasteiger partial charge in [0.15, 0.2) is 11.1 Å². The monoisotopic (exact) mass is 557 g/mol. The van der Waals surface area contributed by atoms with Crippen LogP contribution < -0.4 is 15.5 Å². The maximum absolute atomic E-state index is 14.3. The highest BCUT2D eigenvalue weighted by Gasteiger charge is 2.59. The number of para-hydroxylation sites is 1. The van der Waals surface area contributed by atoms with Gasteiger partial charge in [0, 0.05) is 13.1 Å². The molecule has 4 heterocycles. The number of carboxylic acids is 1. The molecule has 210 valence electrons. The average molecular weight is 558 g/mol. The number of alkyl halides is 3. The number of carboxylic acid groups (broad SMARTS) is 1. The number of carbonyl (C=O) groups is 2. The molecule has 6 rings (SSSR count). The summed E-state index contributed by atoms with van der Waals surface area (Å²) in [6.45, 7) is 0.460. The Morgan fingerprint density at radius 1 is 1.18 bits per heavy atom. The van der Waals surface area contributed by atoms with Crippen molar-refractivity contribution in [3.63, 3.8) is 0 Å². The zero-order chi connectivity index (χ0) is 28.2. The van der Waals surface area contributed by atoms with Crippen LogP contribution in [0.4, 0.5) is 13.2 Å². The predicted molar refractivity (Wildman–Crippen MR) is 135 cm³/mol. The highest BCUT2D eigenvalue weighted by molar-refractivity contribution is 6.20. The molecular formula is C27H26F3N5O5. The lowest BCUT2D eigenvalue weighted by Gasteiger charge is -2.41. The number of fused-ring (bicyclic) bond motifs is 2. The molecule has 0 aliphatic carbocycles. The summed E-state index contributed by atoms with van der Waals surface area (Å²) in [6.07, 6.45) is -4.83. The van der Waals surface area contributed by atoms with Crippen molar-refractivity contribution in [1.82, 2.24) is 25.6 Å². The van der Waals surface area contributed by atoms with Crippen LogP contribution in [-0.4, -0.2) is 70.5 Å². The molecule has 0 radical (unpaired) electrons. The molecule has 3 aliphatic heterocycles. The zero-order valence-electron chi connectivity index (χ0n) is 21.3. The van der Waals surface area contributed by atoms with Gasteiger partial charge in [0.05, 0.1) is 18.9 Å². The van der Waals surface area contributed by atoms with Gasteiger partial charge in [-0.1, -0.05) is 36.4 Å². The van der Waals surface area contributed by atoms with Gasteiger partial charge in [-0.05, 0) is 30.5 Å². The van der Waals surface area contributed by atoms with Gasteiger partial charge < -0.3 is 24.5 Å². The fourth-order valence-electron chi connectivity index (χ4n) is 5.77. The summed E-state index contributed by atoms with van der Waals surface area (Å²) in [7, 11) is 1.46. The van der Waals surface area contributed by atoms with E-state index in [1.54, 1.807) is 53.4 Å². The smallest absolute Gasteiger partial charge is 0.406 e. The third kappa shape index (κ3) is 4.30. The molecule has 1 amide bonds.